The summed E-state index contributed by atoms with van der Waals surface area (Å²) >= 11 is 1.22. The Labute approximate surface area is 128 Å². The van der Waals surface area contributed by atoms with Crippen LogP contribution in [0.15, 0.2) is 23.1 Å². The molecule has 0 heterocycles. The molecule has 1 aliphatic rings. The smallest absolute Gasteiger partial charge is 0.230 e. The molecule has 1 aliphatic carbocycles. The number of hydrogen-bond donors (Lipinski definition) is 1. The lowest BCUT2D eigenvalue weighted by Gasteiger charge is -2.34. The summed E-state index contributed by atoms with van der Waals surface area (Å²) in [5, 5.41) is 3.07. The average Bonchev–Trinajstić information content (AvgIpc) is 2.45. The predicted molar refractivity (Wildman–Crippen MR) is 81.2 cm³/mol. The number of thioether (sulfide) groups is 1. The molecule has 0 bridgehead atoms. The van der Waals surface area contributed by atoms with Gasteiger partial charge in [-0.2, -0.15) is 0 Å². The molecule has 0 spiro atoms. The van der Waals surface area contributed by atoms with E-state index in [1.807, 2.05) is 0 Å². The van der Waals surface area contributed by atoms with E-state index in [0.29, 0.717) is 16.7 Å². The minimum absolute atomic E-state index is 0.0457. The average molecular weight is 313 g/mol. The van der Waals surface area contributed by atoms with Gasteiger partial charge >= 0.3 is 0 Å². The molecule has 0 radical (unpaired) electrons. The number of hydrogen-bond acceptors (Lipinski definition) is 2. The molecular formula is C16H21F2NOS. The summed E-state index contributed by atoms with van der Waals surface area (Å²) in [5.41, 5.74) is 0. The molecule has 1 amide bonds. The molecule has 1 aromatic rings. The number of carbonyl (C=O) groups is 1. The molecule has 2 nitrogen and oxygen atoms in total. The standard InChI is InChI=1S/C16H21F2NOS/c1-10-4-3-5-15(11(10)2)19-16(20)9-21-12-6-7-13(17)14(18)8-12/h6-8,10-11,15H,3-5,9H2,1-2H3,(H,19,20)/t10-,11-,15-/m1/s1. The van der Waals surface area contributed by atoms with Crippen LogP contribution in [0.1, 0.15) is 33.1 Å². The number of benzene rings is 1. The van der Waals surface area contributed by atoms with Gasteiger partial charge in [0, 0.05) is 10.9 Å². The second-order valence-corrected chi connectivity index (χ2v) is 6.85. The molecule has 1 N–H and O–H groups in total. The maximum Gasteiger partial charge on any atom is 0.230 e. The van der Waals surface area contributed by atoms with Crippen LogP contribution in [-0.4, -0.2) is 17.7 Å². The van der Waals surface area contributed by atoms with Crippen molar-refractivity contribution in [3.05, 3.63) is 29.8 Å². The fourth-order valence-electron chi connectivity index (χ4n) is 2.75. The molecule has 5 heteroatoms. The van der Waals surface area contributed by atoms with Gasteiger partial charge < -0.3 is 5.32 Å². The summed E-state index contributed by atoms with van der Waals surface area (Å²) in [6.07, 6.45) is 3.39. The zero-order chi connectivity index (χ0) is 15.4. The van der Waals surface area contributed by atoms with Crippen molar-refractivity contribution < 1.29 is 13.6 Å². The number of carbonyl (C=O) groups excluding carboxylic acids is 1. The maximum atomic E-state index is 13.1. The third-order valence-electron chi connectivity index (χ3n) is 4.31. The van der Waals surface area contributed by atoms with Crippen LogP contribution in [0.3, 0.4) is 0 Å². The van der Waals surface area contributed by atoms with Crippen LogP contribution in [0.25, 0.3) is 0 Å². The number of halogens is 2. The molecule has 21 heavy (non-hydrogen) atoms. The zero-order valence-corrected chi connectivity index (χ0v) is 13.2. The molecule has 116 valence electrons. The summed E-state index contributed by atoms with van der Waals surface area (Å²) in [7, 11) is 0. The van der Waals surface area contributed by atoms with Crippen LogP contribution in [0.4, 0.5) is 8.78 Å². The SMILES string of the molecule is C[C@@H]1[C@H](C)CCC[C@H]1NC(=O)CSc1ccc(F)c(F)c1. The first kappa shape index (κ1) is 16.3. The highest BCUT2D eigenvalue weighted by molar-refractivity contribution is 8.00. The Morgan fingerprint density at radius 1 is 1.29 bits per heavy atom. The second-order valence-electron chi connectivity index (χ2n) is 5.81. The van der Waals surface area contributed by atoms with E-state index < -0.39 is 11.6 Å². The fourth-order valence-corrected chi connectivity index (χ4v) is 3.48. The van der Waals surface area contributed by atoms with Gasteiger partial charge in [-0.05, 0) is 36.5 Å². The Hall–Kier alpha value is -1.10. The third-order valence-corrected chi connectivity index (χ3v) is 5.31. The van der Waals surface area contributed by atoms with Gasteiger partial charge in [-0.25, -0.2) is 8.78 Å². The second kappa shape index (κ2) is 7.25. The van der Waals surface area contributed by atoms with Crippen molar-refractivity contribution in [3.8, 4) is 0 Å². The monoisotopic (exact) mass is 313 g/mol. The molecule has 1 aromatic carbocycles. The molecule has 3 atom stereocenters. The van der Waals surface area contributed by atoms with Gasteiger partial charge in [-0.15, -0.1) is 11.8 Å². The van der Waals surface area contributed by atoms with Crippen LogP contribution in [-0.2, 0) is 4.79 Å². The molecule has 0 aliphatic heterocycles. The van der Waals surface area contributed by atoms with E-state index in [9.17, 15) is 13.6 Å². The Kier molecular flexibility index (Phi) is 5.62. The maximum absolute atomic E-state index is 13.1. The highest BCUT2D eigenvalue weighted by Crippen LogP contribution is 2.29. The molecule has 0 saturated heterocycles. The lowest BCUT2D eigenvalue weighted by atomic mass is 9.78. The van der Waals surface area contributed by atoms with Gasteiger partial charge in [0.1, 0.15) is 0 Å². The molecule has 1 saturated carbocycles. The van der Waals surface area contributed by atoms with Crippen molar-refractivity contribution in [2.24, 2.45) is 11.8 Å². The third kappa shape index (κ3) is 4.43. The van der Waals surface area contributed by atoms with Crippen molar-refractivity contribution in [1.29, 1.82) is 0 Å². The fraction of sp³-hybridized carbons (Fsp3) is 0.562. The van der Waals surface area contributed by atoms with Crippen LogP contribution < -0.4 is 5.32 Å². The summed E-state index contributed by atoms with van der Waals surface area (Å²) in [4.78, 5) is 12.6. The van der Waals surface area contributed by atoms with Gasteiger partial charge in [0.2, 0.25) is 5.91 Å². The minimum atomic E-state index is -0.880. The van der Waals surface area contributed by atoms with E-state index in [1.54, 1.807) is 0 Å². The van der Waals surface area contributed by atoms with Crippen LogP contribution >= 0.6 is 11.8 Å². The Balaban J connectivity index is 1.83. The number of rotatable bonds is 4. The van der Waals surface area contributed by atoms with Crippen molar-refractivity contribution in [1.82, 2.24) is 5.32 Å². The zero-order valence-electron chi connectivity index (χ0n) is 12.4. The molecule has 1 fully saturated rings. The largest absolute Gasteiger partial charge is 0.352 e. The minimum Gasteiger partial charge on any atom is -0.352 e. The van der Waals surface area contributed by atoms with Gasteiger partial charge in [0.05, 0.1) is 5.75 Å². The van der Waals surface area contributed by atoms with Gasteiger partial charge in [-0.1, -0.05) is 26.7 Å². The summed E-state index contributed by atoms with van der Waals surface area (Å²) in [5.74, 6) is -0.457. The van der Waals surface area contributed by atoms with Crippen LogP contribution in [0, 0.1) is 23.5 Å². The van der Waals surface area contributed by atoms with Crippen molar-refractivity contribution >= 4 is 17.7 Å². The Morgan fingerprint density at radius 3 is 2.76 bits per heavy atom. The molecule has 0 aromatic heterocycles. The Bertz CT molecular complexity index is 509. The lowest BCUT2D eigenvalue weighted by Crippen LogP contribution is -2.44. The summed E-state index contributed by atoms with van der Waals surface area (Å²) in [6, 6.07) is 3.92. The first-order chi connectivity index (χ1) is 9.97. The first-order valence-corrected chi connectivity index (χ1v) is 8.33. The normalized spacial score (nSPS) is 25.6. The van der Waals surface area contributed by atoms with E-state index in [0.717, 1.165) is 25.0 Å². The Morgan fingerprint density at radius 2 is 2.05 bits per heavy atom. The molecule has 0 unspecified atom stereocenters. The van der Waals surface area contributed by atoms with E-state index >= 15 is 0 Å². The number of amides is 1. The highest BCUT2D eigenvalue weighted by atomic mass is 32.2. The summed E-state index contributed by atoms with van der Waals surface area (Å²) in [6.45, 7) is 4.40. The predicted octanol–water partition coefficient (Wildman–Crippen LogP) is 4.00. The van der Waals surface area contributed by atoms with Gasteiger partial charge in [0.15, 0.2) is 11.6 Å². The molecular weight excluding hydrogens is 292 g/mol. The van der Waals surface area contributed by atoms with Gasteiger partial charge in [0.25, 0.3) is 0 Å². The van der Waals surface area contributed by atoms with E-state index in [4.69, 9.17) is 0 Å². The van der Waals surface area contributed by atoms with E-state index in [-0.39, 0.29) is 17.7 Å². The van der Waals surface area contributed by atoms with E-state index in [1.165, 1.54) is 24.2 Å². The quantitative estimate of drug-likeness (QED) is 0.851. The van der Waals surface area contributed by atoms with Crippen molar-refractivity contribution in [2.75, 3.05) is 5.75 Å². The highest BCUT2D eigenvalue weighted by Gasteiger charge is 2.27. The first-order valence-electron chi connectivity index (χ1n) is 7.34. The summed E-state index contributed by atoms with van der Waals surface area (Å²) < 4.78 is 25.9. The molecule has 2 rings (SSSR count). The van der Waals surface area contributed by atoms with Crippen LogP contribution in [0.5, 0.6) is 0 Å². The van der Waals surface area contributed by atoms with E-state index in [2.05, 4.69) is 19.2 Å². The topological polar surface area (TPSA) is 29.1 Å². The van der Waals surface area contributed by atoms with Crippen molar-refractivity contribution in [3.63, 3.8) is 0 Å². The van der Waals surface area contributed by atoms with Gasteiger partial charge in [-0.3, -0.25) is 4.79 Å². The number of nitrogens with one attached hydrogen (secondary N) is 1. The van der Waals surface area contributed by atoms with Crippen LogP contribution in [0.2, 0.25) is 0 Å². The lowest BCUT2D eigenvalue weighted by molar-refractivity contribution is -0.119. The van der Waals surface area contributed by atoms with Crippen molar-refractivity contribution in [2.45, 2.75) is 44.0 Å².